The van der Waals surface area contributed by atoms with Crippen LogP contribution in [-0.4, -0.2) is 36.7 Å². The van der Waals surface area contributed by atoms with E-state index in [-0.39, 0.29) is 18.6 Å². The molecule has 1 atom stereocenters. The van der Waals surface area contributed by atoms with Crippen LogP contribution in [-0.2, 0) is 16.1 Å². The quantitative estimate of drug-likeness (QED) is 0.616. The Morgan fingerprint density at radius 3 is 2.79 bits per heavy atom. The average Bonchev–Trinajstić information content (AvgIpc) is 3.17. The fourth-order valence-corrected chi connectivity index (χ4v) is 3.72. The van der Waals surface area contributed by atoms with E-state index in [9.17, 15) is 4.79 Å². The Kier molecular flexibility index (Phi) is 7.22. The first-order chi connectivity index (χ1) is 13.4. The first-order valence-electron chi connectivity index (χ1n) is 9.46. The van der Waals surface area contributed by atoms with Gasteiger partial charge in [-0.3, -0.25) is 4.79 Å². The summed E-state index contributed by atoms with van der Waals surface area (Å²) in [5.74, 6) is 0.636. The normalized spacial score (nSPS) is 16.2. The van der Waals surface area contributed by atoms with Gasteiger partial charge in [0.1, 0.15) is 5.75 Å². The number of carbonyl (C=O) groups is 1. The summed E-state index contributed by atoms with van der Waals surface area (Å²) in [6, 6.07) is 11.2. The fourth-order valence-electron chi connectivity index (χ4n) is 3.26. The maximum absolute atomic E-state index is 13.0. The molecule has 2 aromatic carbocycles. The van der Waals surface area contributed by atoms with Crippen molar-refractivity contribution in [3.05, 3.63) is 63.1 Å². The summed E-state index contributed by atoms with van der Waals surface area (Å²) in [5, 5.41) is 1.12. The first-order valence-corrected chi connectivity index (χ1v) is 10.2. The van der Waals surface area contributed by atoms with E-state index < -0.39 is 0 Å². The minimum Gasteiger partial charge on any atom is -0.483 e. The lowest BCUT2D eigenvalue weighted by Crippen LogP contribution is -2.39. The highest BCUT2D eigenvalue weighted by molar-refractivity contribution is 6.35. The number of ether oxygens (including phenoxy) is 2. The van der Waals surface area contributed by atoms with E-state index >= 15 is 0 Å². The number of carbonyl (C=O) groups excluding carboxylic acids is 1. The van der Waals surface area contributed by atoms with Crippen LogP contribution >= 0.6 is 23.2 Å². The highest BCUT2D eigenvalue weighted by Crippen LogP contribution is 2.24. The van der Waals surface area contributed by atoms with Crippen LogP contribution in [0.1, 0.15) is 29.5 Å². The highest BCUT2D eigenvalue weighted by atomic mass is 35.5. The van der Waals surface area contributed by atoms with Gasteiger partial charge in [-0.2, -0.15) is 0 Å². The van der Waals surface area contributed by atoms with E-state index in [1.807, 2.05) is 38.1 Å². The summed E-state index contributed by atoms with van der Waals surface area (Å²) in [5.41, 5.74) is 3.03. The number of nitrogens with zero attached hydrogens (tertiary/aromatic N) is 1. The maximum Gasteiger partial charge on any atom is 0.260 e. The van der Waals surface area contributed by atoms with Crippen molar-refractivity contribution < 1.29 is 14.3 Å². The van der Waals surface area contributed by atoms with Crippen LogP contribution in [0.3, 0.4) is 0 Å². The third-order valence-corrected chi connectivity index (χ3v) is 5.67. The molecule has 1 amide bonds. The summed E-state index contributed by atoms with van der Waals surface area (Å²) >= 11 is 12.3. The first kappa shape index (κ1) is 21.0. The predicted octanol–water partition coefficient (Wildman–Crippen LogP) is 5.20. The van der Waals surface area contributed by atoms with Crippen molar-refractivity contribution in [1.82, 2.24) is 4.90 Å². The van der Waals surface area contributed by atoms with Gasteiger partial charge in [0.05, 0.1) is 6.10 Å². The molecular weight excluding hydrogens is 397 g/mol. The molecular formula is C22H25Cl2NO3. The number of hydrogen-bond acceptors (Lipinski definition) is 3. The summed E-state index contributed by atoms with van der Waals surface area (Å²) < 4.78 is 11.6. The molecule has 1 aliphatic rings. The van der Waals surface area contributed by atoms with Crippen molar-refractivity contribution in [2.75, 3.05) is 19.8 Å². The molecule has 0 radical (unpaired) electrons. The van der Waals surface area contributed by atoms with Crippen LogP contribution in [0.25, 0.3) is 0 Å². The van der Waals surface area contributed by atoms with Gasteiger partial charge in [-0.25, -0.2) is 0 Å². The summed E-state index contributed by atoms with van der Waals surface area (Å²) in [7, 11) is 0. The number of aryl methyl sites for hydroxylation is 1. The van der Waals surface area contributed by atoms with Gasteiger partial charge in [-0.05, 0) is 61.6 Å². The van der Waals surface area contributed by atoms with E-state index in [0.29, 0.717) is 23.1 Å². The zero-order valence-electron chi connectivity index (χ0n) is 16.2. The molecule has 1 aliphatic heterocycles. The Morgan fingerprint density at radius 2 is 2.07 bits per heavy atom. The molecule has 1 saturated heterocycles. The fraction of sp³-hybridized carbons (Fsp3) is 0.409. The molecule has 150 valence electrons. The lowest BCUT2D eigenvalue weighted by molar-refractivity contribution is -0.135. The second-order valence-corrected chi connectivity index (χ2v) is 7.98. The number of benzene rings is 2. The molecule has 2 aromatic rings. The van der Waals surface area contributed by atoms with Crippen LogP contribution in [0.2, 0.25) is 10.0 Å². The van der Waals surface area contributed by atoms with E-state index in [2.05, 4.69) is 0 Å². The number of hydrogen-bond donors (Lipinski definition) is 0. The zero-order chi connectivity index (χ0) is 20.1. The van der Waals surface area contributed by atoms with Gasteiger partial charge >= 0.3 is 0 Å². The molecule has 1 unspecified atom stereocenters. The summed E-state index contributed by atoms with van der Waals surface area (Å²) in [6.07, 6.45) is 2.03. The highest BCUT2D eigenvalue weighted by Gasteiger charge is 2.24. The van der Waals surface area contributed by atoms with E-state index in [1.165, 1.54) is 0 Å². The molecule has 0 N–H and O–H groups in total. The van der Waals surface area contributed by atoms with Gasteiger partial charge < -0.3 is 14.4 Å². The van der Waals surface area contributed by atoms with Crippen molar-refractivity contribution in [1.29, 1.82) is 0 Å². The third kappa shape index (κ3) is 5.40. The Bertz CT molecular complexity index is 835. The van der Waals surface area contributed by atoms with Crippen LogP contribution in [0, 0.1) is 13.8 Å². The number of halogens is 2. The average molecular weight is 422 g/mol. The van der Waals surface area contributed by atoms with Crippen molar-refractivity contribution in [2.24, 2.45) is 0 Å². The monoisotopic (exact) mass is 421 g/mol. The lowest BCUT2D eigenvalue weighted by atomic mass is 10.1. The maximum atomic E-state index is 13.0. The number of amides is 1. The number of rotatable bonds is 7. The van der Waals surface area contributed by atoms with Gasteiger partial charge in [0.25, 0.3) is 5.91 Å². The standard InChI is InChI=1S/C22H25Cl2NO3/c1-15-5-3-7-21(16(15)2)28-14-22(26)25(13-19-6-4-10-27-19)12-17-8-9-18(23)11-20(17)24/h3,5,7-9,11,19H,4,6,10,12-14H2,1-2H3. The minimum atomic E-state index is -0.0950. The van der Waals surface area contributed by atoms with Crippen molar-refractivity contribution in [3.63, 3.8) is 0 Å². The Morgan fingerprint density at radius 1 is 1.25 bits per heavy atom. The second kappa shape index (κ2) is 9.64. The lowest BCUT2D eigenvalue weighted by Gasteiger charge is -2.26. The van der Waals surface area contributed by atoms with Crippen LogP contribution < -0.4 is 4.74 Å². The van der Waals surface area contributed by atoms with Gasteiger partial charge in [0.15, 0.2) is 6.61 Å². The molecule has 1 heterocycles. The molecule has 3 rings (SSSR count). The van der Waals surface area contributed by atoms with Gasteiger partial charge in [0, 0.05) is 29.7 Å². The molecule has 0 bridgehead atoms. The molecule has 28 heavy (non-hydrogen) atoms. The largest absolute Gasteiger partial charge is 0.483 e. The SMILES string of the molecule is Cc1cccc(OCC(=O)N(Cc2ccc(Cl)cc2Cl)CC2CCCO2)c1C. The topological polar surface area (TPSA) is 38.8 Å². The minimum absolute atomic E-state index is 0.0256. The molecule has 0 spiro atoms. The Balaban J connectivity index is 1.71. The molecule has 0 aliphatic carbocycles. The molecule has 0 aromatic heterocycles. The summed E-state index contributed by atoms with van der Waals surface area (Å²) in [6.45, 7) is 5.65. The van der Waals surface area contributed by atoms with Crippen LogP contribution in [0.15, 0.2) is 36.4 Å². The van der Waals surface area contributed by atoms with Crippen molar-refractivity contribution in [2.45, 2.75) is 39.3 Å². The predicted molar refractivity (Wildman–Crippen MR) is 112 cm³/mol. The second-order valence-electron chi connectivity index (χ2n) is 7.13. The van der Waals surface area contributed by atoms with E-state index in [4.69, 9.17) is 32.7 Å². The van der Waals surface area contributed by atoms with Crippen molar-refractivity contribution in [3.8, 4) is 5.75 Å². The van der Waals surface area contributed by atoms with E-state index in [1.54, 1.807) is 17.0 Å². The Hall–Kier alpha value is -1.75. The van der Waals surface area contributed by atoms with E-state index in [0.717, 1.165) is 41.9 Å². The smallest absolute Gasteiger partial charge is 0.260 e. The third-order valence-electron chi connectivity index (χ3n) is 5.08. The van der Waals surface area contributed by atoms with Crippen LogP contribution in [0.5, 0.6) is 5.75 Å². The van der Waals surface area contributed by atoms with Crippen LogP contribution in [0.4, 0.5) is 0 Å². The molecule has 4 nitrogen and oxygen atoms in total. The summed E-state index contributed by atoms with van der Waals surface area (Å²) in [4.78, 5) is 14.7. The van der Waals surface area contributed by atoms with Gasteiger partial charge in [-0.15, -0.1) is 0 Å². The molecule has 1 fully saturated rings. The Labute approximate surface area is 176 Å². The molecule has 0 saturated carbocycles. The van der Waals surface area contributed by atoms with Gasteiger partial charge in [-0.1, -0.05) is 41.4 Å². The molecule has 6 heteroatoms. The zero-order valence-corrected chi connectivity index (χ0v) is 17.7. The van der Waals surface area contributed by atoms with Crippen molar-refractivity contribution >= 4 is 29.1 Å². The van der Waals surface area contributed by atoms with Gasteiger partial charge in [0.2, 0.25) is 0 Å².